The summed E-state index contributed by atoms with van der Waals surface area (Å²) in [6, 6.07) is 0. The summed E-state index contributed by atoms with van der Waals surface area (Å²) >= 11 is 7.50. The maximum absolute atomic E-state index is 6.94. The van der Waals surface area contributed by atoms with Crippen LogP contribution < -0.4 is 0 Å². The van der Waals surface area contributed by atoms with Gasteiger partial charge in [0.05, 0.1) is 0 Å². The van der Waals surface area contributed by atoms with Crippen LogP contribution in [0, 0.1) is 0 Å². The van der Waals surface area contributed by atoms with Crippen molar-refractivity contribution in [1.29, 1.82) is 0 Å². The Bertz CT molecular complexity index is 48.2. The van der Waals surface area contributed by atoms with E-state index in [1.807, 2.05) is 0 Å². The number of hydrogen-bond donors (Lipinski definition) is 2. The van der Waals surface area contributed by atoms with E-state index < -0.39 is 12.1 Å². The van der Waals surface area contributed by atoms with Crippen molar-refractivity contribution in [3.05, 3.63) is 0 Å². The van der Waals surface area contributed by atoms with E-state index in [4.69, 9.17) is 2.74 Å². The van der Waals surface area contributed by atoms with Crippen LogP contribution in [0.5, 0.6) is 0 Å². The molecule has 2 unspecified atom stereocenters. The van der Waals surface area contributed by atoms with E-state index in [1.54, 1.807) is 0 Å². The molecule has 0 aliphatic heterocycles. The molecular formula is C3H8S2. The second kappa shape index (κ2) is 4.70. The smallest absolute Gasteiger partial charge is 0.0378 e. The molecule has 0 radical (unpaired) electrons. The van der Waals surface area contributed by atoms with E-state index in [2.05, 4.69) is 25.3 Å². The van der Waals surface area contributed by atoms with E-state index in [1.165, 1.54) is 0 Å². The summed E-state index contributed by atoms with van der Waals surface area (Å²) in [5.41, 5.74) is -0.600. The Morgan fingerprint density at radius 3 is 2.20 bits per heavy atom. The predicted molar refractivity (Wildman–Crippen MR) is 32.3 cm³/mol. The first-order chi connectivity index (χ1) is 3.18. The zero-order valence-corrected chi connectivity index (χ0v) is 4.55. The Hall–Kier alpha value is 0.700. The Morgan fingerprint density at radius 2 is 2.20 bits per heavy atom. The highest BCUT2D eigenvalue weighted by molar-refractivity contribution is 7.81. The van der Waals surface area contributed by atoms with Gasteiger partial charge >= 0.3 is 0 Å². The van der Waals surface area contributed by atoms with E-state index >= 15 is 0 Å². The molecular weight excluding hydrogens is 100 g/mol. The summed E-state index contributed by atoms with van der Waals surface area (Å²) in [6.07, 6.45) is -0.452. The van der Waals surface area contributed by atoms with Crippen LogP contribution in [-0.2, 0) is 0 Å². The Balaban J connectivity index is 3.14. The zero-order valence-electron chi connectivity index (χ0n) is 4.76. The molecule has 0 aromatic carbocycles. The third kappa shape index (κ3) is 4.70. The number of hydrogen-bond acceptors (Lipinski definition) is 2. The molecule has 32 valence electrons. The third-order valence-electron chi connectivity index (χ3n) is 0.211. The van der Waals surface area contributed by atoms with Gasteiger partial charge in [-0.2, -0.15) is 25.3 Å². The fourth-order valence-corrected chi connectivity index (χ4v) is 0.424. The summed E-state index contributed by atoms with van der Waals surface area (Å²) in [4.78, 5) is 0. The van der Waals surface area contributed by atoms with E-state index in [-0.39, 0.29) is 0 Å². The molecule has 0 fully saturated rings. The van der Waals surface area contributed by atoms with Gasteiger partial charge in [-0.15, -0.1) is 0 Å². The average molecular weight is 110 g/mol. The van der Waals surface area contributed by atoms with Crippen molar-refractivity contribution < 1.29 is 2.74 Å². The molecule has 0 spiro atoms. The second-order valence-electron chi connectivity index (χ2n) is 0.567. The summed E-state index contributed by atoms with van der Waals surface area (Å²) in [7, 11) is 0. The van der Waals surface area contributed by atoms with Crippen LogP contribution >= 0.6 is 25.3 Å². The topological polar surface area (TPSA) is 0 Å². The van der Waals surface area contributed by atoms with Gasteiger partial charge in [-0.3, -0.25) is 0 Å². The van der Waals surface area contributed by atoms with Crippen LogP contribution in [-0.4, -0.2) is 11.5 Å². The molecule has 0 aromatic heterocycles. The molecule has 0 heterocycles. The van der Waals surface area contributed by atoms with Gasteiger partial charge < -0.3 is 0 Å². The third-order valence-corrected chi connectivity index (χ3v) is 0.632. The minimum Gasteiger partial charge on any atom is -0.179 e. The molecule has 5 heavy (non-hydrogen) atoms. The standard InChI is InChI=1S/C3H8S2/c4-2-1-3-5/h4-5H,1-3H2/i1D,2D. The van der Waals surface area contributed by atoms with Crippen LogP contribution in [0.25, 0.3) is 0 Å². The summed E-state index contributed by atoms with van der Waals surface area (Å²) in [6.45, 7) is 0. The van der Waals surface area contributed by atoms with Gasteiger partial charge in [0.25, 0.3) is 0 Å². The highest BCUT2D eigenvalue weighted by Gasteiger charge is 1.69. The first kappa shape index (κ1) is 2.80. The molecule has 0 nitrogen and oxygen atoms in total. The summed E-state index contributed by atoms with van der Waals surface area (Å²) < 4.78 is 13.7. The van der Waals surface area contributed by atoms with Gasteiger partial charge in [-0.1, -0.05) is 0 Å². The van der Waals surface area contributed by atoms with Gasteiger partial charge in [-0.25, -0.2) is 0 Å². The van der Waals surface area contributed by atoms with Crippen molar-refractivity contribution in [2.45, 2.75) is 6.40 Å². The normalized spacial score (nSPS) is 26.8. The molecule has 0 aromatic rings. The van der Waals surface area contributed by atoms with Crippen LogP contribution in [0.15, 0.2) is 0 Å². The summed E-state index contributed by atoms with van der Waals surface area (Å²) in [5.74, 6) is 0.414. The Morgan fingerprint density at radius 1 is 1.60 bits per heavy atom. The maximum atomic E-state index is 6.94. The molecule has 0 saturated carbocycles. The first-order valence-electron chi connectivity index (χ1n) is 2.47. The monoisotopic (exact) mass is 110 g/mol. The molecule has 0 bridgehead atoms. The molecule has 0 saturated heterocycles. The van der Waals surface area contributed by atoms with Crippen LogP contribution in [0.3, 0.4) is 0 Å². The minimum atomic E-state index is -0.600. The lowest BCUT2D eigenvalue weighted by molar-refractivity contribution is 1.14. The molecule has 0 rings (SSSR count). The molecule has 0 aliphatic carbocycles. The van der Waals surface area contributed by atoms with Gasteiger partial charge in [0, 0.05) is 2.74 Å². The maximum Gasteiger partial charge on any atom is 0.0378 e. The van der Waals surface area contributed by atoms with E-state index in [9.17, 15) is 0 Å². The largest absolute Gasteiger partial charge is 0.179 e. The Labute approximate surface area is 46.6 Å². The van der Waals surface area contributed by atoms with Crippen molar-refractivity contribution in [2.24, 2.45) is 0 Å². The van der Waals surface area contributed by atoms with Crippen LogP contribution in [0.1, 0.15) is 9.14 Å². The van der Waals surface area contributed by atoms with Crippen molar-refractivity contribution in [3.8, 4) is 0 Å². The quantitative estimate of drug-likeness (QED) is 0.491. The van der Waals surface area contributed by atoms with E-state index in [0.29, 0.717) is 5.75 Å². The number of rotatable bonds is 2. The van der Waals surface area contributed by atoms with Crippen molar-refractivity contribution in [1.82, 2.24) is 0 Å². The van der Waals surface area contributed by atoms with Crippen molar-refractivity contribution in [2.75, 3.05) is 11.5 Å². The zero-order chi connectivity index (χ0) is 5.86. The summed E-state index contributed by atoms with van der Waals surface area (Å²) in [5, 5.41) is 0. The van der Waals surface area contributed by atoms with E-state index in [0.717, 1.165) is 0 Å². The highest BCUT2D eigenvalue weighted by Crippen LogP contribution is 1.83. The van der Waals surface area contributed by atoms with Gasteiger partial charge in [0.1, 0.15) is 0 Å². The lowest BCUT2D eigenvalue weighted by atomic mass is 10.6. The van der Waals surface area contributed by atoms with Crippen LogP contribution in [0.4, 0.5) is 0 Å². The molecule has 0 aliphatic rings. The Kier molecular flexibility index (Phi) is 2.64. The van der Waals surface area contributed by atoms with Gasteiger partial charge in [0.15, 0.2) is 0 Å². The molecule has 0 N–H and O–H groups in total. The highest BCUT2D eigenvalue weighted by atomic mass is 32.1. The molecule has 2 atom stereocenters. The second-order valence-corrected chi connectivity index (χ2v) is 1.23. The lowest BCUT2D eigenvalue weighted by Gasteiger charge is -1.78. The molecule has 0 amide bonds. The number of thiol groups is 2. The fourth-order valence-electron chi connectivity index (χ4n) is 0.0471. The SMILES string of the molecule is [2H]C(S)C([2H])CS. The fraction of sp³-hybridized carbons (Fsp3) is 1.00. The van der Waals surface area contributed by atoms with Gasteiger partial charge in [-0.05, 0) is 17.9 Å². The van der Waals surface area contributed by atoms with Gasteiger partial charge in [0.2, 0.25) is 0 Å². The van der Waals surface area contributed by atoms with Crippen molar-refractivity contribution in [3.63, 3.8) is 0 Å². The average Bonchev–Trinajstić information content (AvgIpc) is 1.65. The van der Waals surface area contributed by atoms with Crippen LogP contribution in [0.2, 0.25) is 0 Å². The lowest BCUT2D eigenvalue weighted by Crippen LogP contribution is -1.71. The molecule has 2 heteroatoms. The first-order valence-corrected chi connectivity index (χ1v) is 2.46. The minimum absolute atomic E-state index is 0.414. The predicted octanol–water partition coefficient (Wildman–Crippen LogP) is 1.24. The van der Waals surface area contributed by atoms with Crippen molar-refractivity contribution >= 4 is 25.3 Å².